The number of benzene rings is 1. The summed E-state index contributed by atoms with van der Waals surface area (Å²) in [6.07, 6.45) is 0. The van der Waals surface area contributed by atoms with Gasteiger partial charge in [-0.25, -0.2) is 4.98 Å². The summed E-state index contributed by atoms with van der Waals surface area (Å²) in [6.45, 7) is 4.51. The molecule has 0 saturated carbocycles. The average molecular weight is 328 g/mol. The smallest absolute Gasteiger partial charge is 0.140 e. The molecule has 5 heteroatoms. The van der Waals surface area contributed by atoms with E-state index in [0.717, 1.165) is 26.5 Å². The monoisotopic (exact) mass is 327 g/mol. The zero-order valence-corrected chi connectivity index (χ0v) is 12.6. The molecule has 1 heterocycles. The lowest BCUT2D eigenvalue weighted by Crippen LogP contribution is -1.96. The number of halogens is 1. The summed E-state index contributed by atoms with van der Waals surface area (Å²) in [5, 5.41) is 10.1. The molecule has 1 N–H and O–H groups in total. The Kier molecular flexibility index (Phi) is 4.37. The molecule has 0 amide bonds. The van der Waals surface area contributed by atoms with Gasteiger partial charge in [0.2, 0.25) is 0 Å². The molecule has 96 valence electrons. The van der Waals surface area contributed by atoms with Gasteiger partial charge in [-0.3, -0.25) is 0 Å². The second-order valence-electron chi connectivity index (χ2n) is 3.95. The second kappa shape index (κ2) is 5.82. The zero-order valence-electron chi connectivity index (χ0n) is 10.2. The van der Waals surface area contributed by atoms with Crippen LogP contribution in [0, 0.1) is 13.8 Å². The predicted octanol–water partition coefficient (Wildman–Crippen LogP) is 3.59. The number of rotatable bonds is 4. The molecule has 0 spiro atoms. The maximum Gasteiger partial charge on any atom is 0.140 e. The molecule has 1 aromatic carbocycles. The molecule has 0 fully saturated rings. The number of ether oxygens (including phenoxy) is 1. The Morgan fingerprint density at radius 3 is 2.78 bits per heavy atom. The average Bonchev–Trinajstić information content (AvgIpc) is 2.68. The minimum absolute atomic E-state index is 0.00669. The molecule has 0 aliphatic carbocycles. The summed E-state index contributed by atoms with van der Waals surface area (Å²) in [5.41, 5.74) is 1.88. The number of aliphatic hydroxyl groups is 1. The van der Waals surface area contributed by atoms with E-state index in [4.69, 9.17) is 4.74 Å². The van der Waals surface area contributed by atoms with Gasteiger partial charge in [-0.2, -0.15) is 0 Å². The quantitative estimate of drug-likeness (QED) is 0.933. The molecule has 0 atom stereocenters. The summed E-state index contributed by atoms with van der Waals surface area (Å²) >= 11 is 5.03. The van der Waals surface area contributed by atoms with Crippen LogP contribution in [0.2, 0.25) is 0 Å². The van der Waals surface area contributed by atoms with Crippen LogP contribution in [0.15, 0.2) is 22.7 Å². The van der Waals surface area contributed by atoms with E-state index in [9.17, 15) is 5.11 Å². The van der Waals surface area contributed by atoms with Gasteiger partial charge in [-0.15, -0.1) is 11.3 Å². The zero-order chi connectivity index (χ0) is 13.1. The Labute approximate surface area is 119 Å². The predicted molar refractivity (Wildman–Crippen MR) is 76.0 cm³/mol. The number of aryl methyl sites for hydroxylation is 2. The summed E-state index contributed by atoms with van der Waals surface area (Å²) in [6, 6.07) is 5.58. The first-order valence-electron chi connectivity index (χ1n) is 5.55. The van der Waals surface area contributed by atoms with Crippen LogP contribution in [-0.2, 0) is 13.2 Å². The van der Waals surface area contributed by atoms with Crippen molar-refractivity contribution in [1.29, 1.82) is 0 Å². The van der Waals surface area contributed by atoms with E-state index < -0.39 is 0 Å². The van der Waals surface area contributed by atoms with Crippen molar-refractivity contribution in [2.45, 2.75) is 27.1 Å². The fraction of sp³-hybridized carbons (Fsp3) is 0.308. The normalized spacial score (nSPS) is 10.7. The Morgan fingerprint density at radius 2 is 2.17 bits per heavy atom. The van der Waals surface area contributed by atoms with Crippen LogP contribution in [0.4, 0.5) is 0 Å². The highest BCUT2D eigenvalue weighted by atomic mass is 79.9. The van der Waals surface area contributed by atoms with E-state index >= 15 is 0 Å². The molecule has 0 bridgehead atoms. The van der Waals surface area contributed by atoms with Gasteiger partial charge in [0.1, 0.15) is 17.4 Å². The minimum atomic E-state index is -0.00669. The highest BCUT2D eigenvalue weighted by Crippen LogP contribution is 2.24. The lowest BCUT2D eigenvalue weighted by Gasteiger charge is -2.07. The summed E-state index contributed by atoms with van der Waals surface area (Å²) < 4.78 is 6.56. The van der Waals surface area contributed by atoms with Crippen LogP contribution in [0.3, 0.4) is 0 Å². The van der Waals surface area contributed by atoms with Crippen LogP contribution in [0.25, 0.3) is 0 Å². The maximum atomic E-state index is 9.17. The summed E-state index contributed by atoms with van der Waals surface area (Å²) in [4.78, 5) is 5.64. The Balaban J connectivity index is 2.06. The third kappa shape index (κ3) is 3.10. The molecule has 2 rings (SSSR count). The van der Waals surface area contributed by atoms with Gasteiger partial charge in [0.05, 0.1) is 12.3 Å². The van der Waals surface area contributed by atoms with Crippen molar-refractivity contribution in [3.63, 3.8) is 0 Å². The van der Waals surface area contributed by atoms with Crippen molar-refractivity contribution in [3.05, 3.63) is 43.8 Å². The van der Waals surface area contributed by atoms with E-state index in [2.05, 4.69) is 27.8 Å². The van der Waals surface area contributed by atoms with Gasteiger partial charge in [0, 0.05) is 9.35 Å². The van der Waals surface area contributed by atoms with Gasteiger partial charge in [0.15, 0.2) is 0 Å². The van der Waals surface area contributed by atoms with E-state index in [-0.39, 0.29) is 6.61 Å². The van der Waals surface area contributed by atoms with Crippen molar-refractivity contribution in [2.24, 2.45) is 0 Å². The van der Waals surface area contributed by atoms with Crippen molar-refractivity contribution < 1.29 is 9.84 Å². The Morgan fingerprint density at radius 1 is 1.39 bits per heavy atom. The Hall–Kier alpha value is -0.910. The lowest BCUT2D eigenvalue weighted by atomic mass is 10.2. The van der Waals surface area contributed by atoms with Gasteiger partial charge in [0.25, 0.3) is 0 Å². The fourth-order valence-electron chi connectivity index (χ4n) is 1.51. The van der Waals surface area contributed by atoms with Gasteiger partial charge >= 0.3 is 0 Å². The molecule has 0 radical (unpaired) electrons. The van der Waals surface area contributed by atoms with Crippen LogP contribution in [0.5, 0.6) is 5.75 Å². The maximum absolute atomic E-state index is 9.17. The van der Waals surface area contributed by atoms with E-state index in [0.29, 0.717) is 6.61 Å². The highest BCUT2D eigenvalue weighted by Gasteiger charge is 2.06. The first-order valence-corrected chi connectivity index (χ1v) is 7.16. The lowest BCUT2D eigenvalue weighted by molar-refractivity contribution is 0.277. The number of nitrogens with zero attached hydrogens (tertiary/aromatic N) is 1. The highest BCUT2D eigenvalue weighted by molar-refractivity contribution is 9.10. The van der Waals surface area contributed by atoms with Crippen molar-refractivity contribution in [3.8, 4) is 5.75 Å². The molecule has 0 aliphatic heterocycles. The Bertz CT molecular complexity index is 534. The van der Waals surface area contributed by atoms with Crippen LogP contribution in [-0.4, -0.2) is 10.1 Å². The van der Waals surface area contributed by atoms with Crippen molar-refractivity contribution >= 4 is 27.3 Å². The van der Waals surface area contributed by atoms with E-state index in [1.165, 1.54) is 4.88 Å². The molecule has 1 aromatic heterocycles. The van der Waals surface area contributed by atoms with Crippen LogP contribution in [0.1, 0.15) is 21.1 Å². The molecule has 18 heavy (non-hydrogen) atoms. The van der Waals surface area contributed by atoms with Crippen LogP contribution < -0.4 is 4.74 Å². The first-order chi connectivity index (χ1) is 8.60. The van der Waals surface area contributed by atoms with Gasteiger partial charge < -0.3 is 9.84 Å². The standard InChI is InChI=1S/C13H14BrNO2S/c1-8-9(2)18-13(15-8)7-17-11-3-4-12(14)10(5-11)6-16/h3-5,16H,6-7H2,1-2H3. The van der Waals surface area contributed by atoms with Crippen LogP contribution >= 0.6 is 27.3 Å². The molecule has 0 unspecified atom stereocenters. The summed E-state index contributed by atoms with van der Waals surface area (Å²) in [5.74, 6) is 0.743. The van der Waals surface area contributed by atoms with Gasteiger partial charge in [-0.1, -0.05) is 15.9 Å². The molecular formula is C13H14BrNO2S. The number of aromatic nitrogens is 1. The number of thiazole rings is 1. The SMILES string of the molecule is Cc1nc(COc2ccc(Br)c(CO)c2)sc1C. The van der Waals surface area contributed by atoms with Crippen molar-refractivity contribution in [2.75, 3.05) is 0 Å². The molecule has 2 aromatic rings. The van der Waals surface area contributed by atoms with E-state index in [1.807, 2.05) is 25.1 Å². The van der Waals surface area contributed by atoms with Crippen molar-refractivity contribution in [1.82, 2.24) is 4.98 Å². The topological polar surface area (TPSA) is 42.4 Å². The minimum Gasteiger partial charge on any atom is -0.486 e. The van der Waals surface area contributed by atoms with E-state index in [1.54, 1.807) is 11.3 Å². The molecule has 3 nitrogen and oxygen atoms in total. The fourth-order valence-corrected chi connectivity index (χ4v) is 2.73. The number of hydrogen-bond acceptors (Lipinski definition) is 4. The molecule has 0 aliphatic rings. The number of aliphatic hydroxyl groups excluding tert-OH is 1. The molecule has 0 saturated heterocycles. The third-order valence-electron chi connectivity index (χ3n) is 2.62. The van der Waals surface area contributed by atoms with Gasteiger partial charge in [-0.05, 0) is 37.6 Å². The largest absolute Gasteiger partial charge is 0.486 e. The molecular weight excluding hydrogens is 314 g/mol. The summed E-state index contributed by atoms with van der Waals surface area (Å²) in [7, 11) is 0. The second-order valence-corrected chi connectivity index (χ2v) is 6.09. The number of hydrogen-bond donors (Lipinski definition) is 1. The third-order valence-corrected chi connectivity index (χ3v) is 4.44. The first kappa shape index (κ1) is 13.5.